The van der Waals surface area contributed by atoms with E-state index in [2.05, 4.69) is 12.6 Å². The zero-order chi connectivity index (χ0) is 25.2. The first-order valence-electron chi connectivity index (χ1n) is 11.1. The standard InChI is InChI=1S/C27H27NO6S/c29-25(23(18-35)15-14-19-8-3-1-4-9-19)28(34-17-20-10-5-2-6-11-20)24(27(32)33)21-12-7-13-22(16-21)26(30)31/h1-13,16,23-24,35H,14-15,17-18H2,(H,30,31)(H,32,33)/t23?,24-/m1/s1. The molecular formula is C27H27NO6S. The number of rotatable bonds is 12. The minimum Gasteiger partial charge on any atom is -0.479 e. The van der Waals surface area contributed by atoms with Crippen LogP contribution in [-0.4, -0.2) is 38.9 Å². The van der Waals surface area contributed by atoms with Gasteiger partial charge in [0, 0.05) is 11.7 Å². The van der Waals surface area contributed by atoms with Crippen LogP contribution in [0, 0.1) is 5.92 Å². The van der Waals surface area contributed by atoms with Crippen LogP contribution in [0.1, 0.15) is 39.5 Å². The van der Waals surface area contributed by atoms with Crippen LogP contribution in [0.25, 0.3) is 0 Å². The molecule has 7 nitrogen and oxygen atoms in total. The topological polar surface area (TPSA) is 104 Å². The van der Waals surface area contributed by atoms with Gasteiger partial charge in [0.1, 0.15) is 6.61 Å². The van der Waals surface area contributed by atoms with Crippen LogP contribution in [0.3, 0.4) is 0 Å². The summed E-state index contributed by atoms with van der Waals surface area (Å²) in [5, 5.41) is 20.3. The fraction of sp³-hybridized carbons (Fsp3) is 0.222. The van der Waals surface area contributed by atoms with E-state index in [1.54, 1.807) is 12.1 Å². The molecule has 0 saturated carbocycles. The van der Waals surface area contributed by atoms with E-state index >= 15 is 0 Å². The largest absolute Gasteiger partial charge is 0.479 e. The van der Waals surface area contributed by atoms with Gasteiger partial charge in [-0.3, -0.25) is 9.63 Å². The summed E-state index contributed by atoms with van der Waals surface area (Å²) < 4.78 is 0. The van der Waals surface area contributed by atoms with Gasteiger partial charge in [-0.05, 0) is 41.7 Å². The van der Waals surface area contributed by atoms with E-state index < -0.39 is 29.8 Å². The first-order chi connectivity index (χ1) is 16.9. The molecule has 0 aliphatic rings. The van der Waals surface area contributed by atoms with Crippen molar-refractivity contribution < 1.29 is 29.4 Å². The van der Waals surface area contributed by atoms with Gasteiger partial charge < -0.3 is 10.2 Å². The van der Waals surface area contributed by atoms with Crippen molar-refractivity contribution in [3.8, 4) is 0 Å². The molecule has 0 aromatic heterocycles. The maximum atomic E-state index is 13.6. The molecule has 2 atom stereocenters. The normalized spacial score (nSPS) is 12.5. The Hall–Kier alpha value is -3.62. The van der Waals surface area contributed by atoms with E-state index in [0.717, 1.165) is 16.2 Å². The van der Waals surface area contributed by atoms with Crippen LogP contribution in [-0.2, 0) is 27.5 Å². The highest BCUT2D eigenvalue weighted by Crippen LogP contribution is 2.27. The van der Waals surface area contributed by atoms with Gasteiger partial charge in [-0.25, -0.2) is 14.7 Å². The number of aliphatic carboxylic acids is 1. The summed E-state index contributed by atoms with van der Waals surface area (Å²) in [7, 11) is 0. The lowest BCUT2D eigenvalue weighted by Crippen LogP contribution is -2.43. The van der Waals surface area contributed by atoms with Crippen molar-refractivity contribution in [2.75, 3.05) is 5.75 Å². The second-order valence-corrected chi connectivity index (χ2v) is 8.36. The second-order valence-electron chi connectivity index (χ2n) is 8.00. The lowest BCUT2D eigenvalue weighted by Gasteiger charge is -2.31. The number of benzene rings is 3. The predicted molar refractivity (Wildman–Crippen MR) is 134 cm³/mol. The van der Waals surface area contributed by atoms with Crippen LogP contribution in [0.4, 0.5) is 0 Å². The van der Waals surface area contributed by atoms with Gasteiger partial charge in [0.05, 0.1) is 5.56 Å². The monoisotopic (exact) mass is 493 g/mol. The van der Waals surface area contributed by atoms with Crippen molar-refractivity contribution in [1.29, 1.82) is 0 Å². The van der Waals surface area contributed by atoms with Crippen LogP contribution >= 0.6 is 12.6 Å². The first kappa shape index (κ1) is 26.0. The number of carbonyl (C=O) groups is 3. The van der Waals surface area contributed by atoms with E-state index in [0.29, 0.717) is 12.8 Å². The van der Waals surface area contributed by atoms with Crippen molar-refractivity contribution >= 4 is 30.5 Å². The summed E-state index contributed by atoms with van der Waals surface area (Å²) in [6.45, 7) is -0.0348. The third kappa shape index (κ3) is 7.18. The Balaban J connectivity index is 1.92. The van der Waals surface area contributed by atoms with E-state index in [-0.39, 0.29) is 23.5 Å². The Labute approximate surface area is 209 Å². The third-order valence-electron chi connectivity index (χ3n) is 5.54. The third-order valence-corrected chi connectivity index (χ3v) is 5.98. The molecule has 3 aromatic carbocycles. The van der Waals surface area contributed by atoms with Crippen LogP contribution in [0.2, 0.25) is 0 Å². The van der Waals surface area contributed by atoms with Gasteiger partial charge in [0.25, 0.3) is 5.91 Å². The fourth-order valence-electron chi connectivity index (χ4n) is 3.66. The maximum Gasteiger partial charge on any atom is 0.335 e. The molecule has 0 spiro atoms. The minimum atomic E-state index is -1.54. The van der Waals surface area contributed by atoms with Gasteiger partial charge >= 0.3 is 11.9 Å². The van der Waals surface area contributed by atoms with Crippen molar-refractivity contribution in [3.63, 3.8) is 0 Å². The number of carboxylic acids is 2. The van der Waals surface area contributed by atoms with Crippen molar-refractivity contribution in [3.05, 3.63) is 107 Å². The zero-order valence-electron chi connectivity index (χ0n) is 19.0. The number of carbonyl (C=O) groups excluding carboxylic acids is 1. The van der Waals surface area contributed by atoms with E-state index in [1.807, 2.05) is 48.5 Å². The first-order valence-corrected chi connectivity index (χ1v) is 11.7. The molecule has 0 fully saturated rings. The molecule has 0 saturated heterocycles. The van der Waals surface area contributed by atoms with Crippen molar-refractivity contribution in [2.45, 2.75) is 25.5 Å². The molecular weight excluding hydrogens is 466 g/mol. The Kier molecular flexibility index (Phi) is 9.46. The van der Waals surface area contributed by atoms with Gasteiger partial charge in [0.2, 0.25) is 0 Å². The summed E-state index contributed by atoms with van der Waals surface area (Å²) in [6, 6.07) is 22.7. The molecule has 8 heteroatoms. The van der Waals surface area contributed by atoms with Gasteiger partial charge in [-0.2, -0.15) is 12.6 Å². The molecule has 1 amide bonds. The quantitative estimate of drug-likeness (QED) is 0.251. The molecule has 0 radical (unpaired) electrons. The average Bonchev–Trinajstić information content (AvgIpc) is 2.87. The average molecular weight is 494 g/mol. The summed E-state index contributed by atoms with van der Waals surface area (Å²) in [5.41, 5.74) is 1.84. The Morgan fingerprint density at radius 1 is 0.857 bits per heavy atom. The number of thiol groups is 1. The molecule has 182 valence electrons. The van der Waals surface area contributed by atoms with Gasteiger partial charge in [-0.15, -0.1) is 0 Å². The number of hydrogen-bond acceptors (Lipinski definition) is 5. The number of hydrogen-bond donors (Lipinski definition) is 3. The number of aryl methyl sites for hydroxylation is 1. The Morgan fingerprint density at radius 2 is 1.49 bits per heavy atom. The highest BCUT2D eigenvalue weighted by atomic mass is 32.1. The molecule has 0 aliphatic carbocycles. The zero-order valence-corrected chi connectivity index (χ0v) is 19.9. The summed E-state index contributed by atoms with van der Waals surface area (Å²) in [6.07, 6.45) is 1.05. The van der Waals surface area contributed by atoms with E-state index in [1.165, 1.54) is 24.3 Å². The second kappa shape index (κ2) is 12.7. The molecule has 0 heterocycles. The number of amides is 1. The molecule has 0 aliphatic heterocycles. The van der Waals surface area contributed by atoms with Crippen LogP contribution in [0.15, 0.2) is 84.9 Å². The summed E-state index contributed by atoms with van der Waals surface area (Å²) >= 11 is 4.36. The summed E-state index contributed by atoms with van der Waals surface area (Å²) in [4.78, 5) is 43.3. The summed E-state index contributed by atoms with van der Waals surface area (Å²) in [5.74, 6) is -3.48. The van der Waals surface area contributed by atoms with E-state index in [9.17, 15) is 24.6 Å². The fourth-order valence-corrected chi connectivity index (χ4v) is 4.00. The van der Waals surface area contributed by atoms with Crippen molar-refractivity contribution in [1.82, 2.24) is 5.06 Å². The maximum absolute atomic E-state index is 13.6. The molecule has 1 unspecified atom stereocenters. The molecule has 2 N–H and O–H groups in total. The van der Waals surface area contributed by atoms with Gasteiger partial charge in [-0.1, -0.05) is 72.8 Å². The molecule has 3 rings (SSSR count). The Morgan fingerprint density at radius 3 is 2.06 bits per heavy atom. The number of aromatic carboxylic acids is 1. The highest BCUT2D eigenvalue weighted by molar-refractivity contribution is 7.80. The molecule has 3 aromatic rings. The van der Waals surface area contributed by atoms with E-state index in [4.69, 9.17) is 4.84 Å². The minimum absolute atomic E-state index is 0.0348. The lowest BCUT2D eigenvalue weighted by atomic mass is 9.98. The predicted octanol–water partition coefficient (Wildman–Crippen LogP) is 4.65. The molecule has 35 heavy (non-hydrogen) atoms. The van der Waals surface area contributed by atoms with Gasteiger partial charge in [0.15, 0.2) is 6.04 Å². The smallest absolute Gasteiger partial charge is 0.335 e. The van der Waals surface area contributed by atoms with Crippen LogP contribution < -0.4 is 0 Å². The molecule has 0 bridgehead atoms. The number of hydroxylamine groups is 2. The lowest BCUT2D eigenvalue weighted by molar-refractivity contribution is -0.216. The number of nitrogens with zero attached hydrogens (tertiary/aromatic N) is 1. The number of carboxylic acid groups (broad SMARTS) is 2. The van der Waals surface area contributed by atoms with Crippen LogP contribution in [0.5, 0.6) is 0 Å². The van der Waals surface area contributed by atoms with Crippen molar-refractivity contribution in [2.24, 2.45) is 5.92 Å². The highest BCUT2D eigenvalue weighted by Gasteiger charge is 2.36. The SMILES string of the molecule is O=C(O)c1cccc([C@H](C(=O)O)N(OCc2ccccc2)C(=O)C(CS)CCc2ccccc2)c1. The Bertz CT molecular complexity index is 1140.